The minimum atomic E-state index is -0.0105. The second-order valence-electron chi connectivity index (χ2n) is 6.02. The van der Waals surface area contributed by atoms with Gasteiger partial charge in [-0.1, -0.05) is 20.8 Å². The first-order chi connectivity index (χ1) is 9.74. The van der Waals surface area contributed by atoms with Crippen molar-refractivity contribution < 1.29 is 4.74 Å². The Morgan fingerprint density at radius 2 is 1.90 bits per heavy atom. The smallest absolute Gasteiger partial charge is 0.321 e. The molecule has 0 atom stereocenters. The minimum absolute atomic E-state index is 0.0105. The first-order valence-electron chi connectivity index (χ1n) is 6.76. The first-order valence-corrected chi connectivity index (χ1v) is 8.02. The summed E-state index contributed by atoms with van der Waals surface area (Å²) in [4.78, 5) is 17.0. The summed E-state index contributed by atoms with van der Waals surface area (Å²) in [6, 6.07) is 0.257. The number of rotatable bonds is 4. The first kappa shape index (κ1) is 16.1. The molecule has 0 saturated heterocycles. The van der Waals surface area contributed by atoms with Crippen LogP contribution >= 0.6 is 22.9 Å². The zero-order valence-corrected chi connectivity index (χ0v) is 14.4. The van der Waals surface area contributed by atoms with E-state index in [4.69, 9.17) is 16.3 Å². The van der Waals surface area contributed by atoms with Crippen molar-refractivity contribution in [2.75, 3.05) is 0 Å². The number of nitrogens with zero attached hydrogens (tertiary/aromatic N) is 4. The van der Waals surface area contributed by atoms with Crippen molar-refractivity contribution in [3.8, 4) is 6.01 Å². The number of hydrogen-bond donors (Lipinski definition) is 0. The Morgan fingerprint density at radius 3 is 2.48 bits per heavy atom. The molecule has 114 valence electrons. The quantitative estimate of drug-likeness (QED) is 0.858. The zero-order chi connectivity index (χ0) is 15.6. The number of thiazole rings is 1. The highest BCUT2D eigenvalue weighted by molar-refractivity contribution is 7.09. The third-order valence-corrected chi connectivity index (χ3v) is 3.62. The van der Waals surface area contributed by atoms with Gasteiger partial charge in [0.1, 0.15) is 10.8 Å². The summed E-state index contributed by atoms with van der Waals surface area (Å²) in [5, 5.41) is 3.17. The molecule has 0 radical (unpaired) electrons. The maximum absolute atomic E-state index is 5.92. The normalized spacial score (nSPS) is 12.0. The lowest BCUT2D eigenvalue weighted by Crippen LogP contribution is -2.12. The number of aromatic nitrogens is 4. The largest absolute Gasteiger partial charge is 0.461 e. The van der Waals surface area contributed by atoms with Gasteiger partial charge in [-0.3, -0.25) is 0 Å². The van der Waals surface area contributed by atoms with E-state index < -0.39 is 0 Å². The summed E-state index contributed by atoms with van der Waals surface area (Å²) in [6.07, 6.45) is 0.515. The molecule has 0 aliphatic heterocycles. The third kappa shape index (κ3) is 4.61. The van der Waals surface area contributed by atoms with Crippen molar-refractivity contribution in [3.63, 3.8) is 0 Å². The lowest BCUT2D eigenvalue weighted by Gasteiger charge is -2.14. The van der Waals surface area contributed by atoms with Crippen LogP contribution in [0.3, 0.4) is 0 Å². The second kappa shape index (κ2) is 6.23. The molecule has 5 nitrogen and oxygen atoms in total. The topological polar surface area (TPSA) is 60.8 Å². The van der Waals surface area contributed by atoms with Gasteiger partial charge >= 0.3 is 6.01 Å². The average molecular weight is 327 g/mol. The molecule has 7 heteroatoms. The molecule has 2 aromatic rings. The van der Waals surface area contributed by atoms with E-state index in [1.807, 2.05) is 13.8 Å². The van der Waals surface area contributed by atoms with E-state index in [9.17, 15) is 0 Å². The number of hydrogen-bond acceptors (Lipinski definition) is 6. The van der Waals surface area contributed by atoms with Crippen molar-refractivity contribution in [2.24, 2.45) is 0 Å². The molecule has 0 aliphatic rings. The summed E-state index contributed by atoms with van der Waals surface area (Å²) in [7, 11) is 0. The van der Waals surface area contributed by atoms with Gasteiger partial charge in [0, 0.05) is 10.8 Å². The molecule has 2 heterocycles. The van der Waals surface area contributed by atoms with Crippen molar-refractivity contribution >= 4 is 22.9 Å². The highest BCUT2D eigenvalue weighted by Crippen LogP contribution is 2.25. The Balaban J connectivity index is 2.19. The number of ether oxygens (including phenoxy) is 1. The third-order valence-electron chi connectivity index (χ3n) is 2.60. The van der Waals surface area contributed by atoms with Crippen LogP contribution in [0.25, 0.3) is 0 Å². The Kier molecular flexibility index (Phi) is 4.78. The van der Waals surface area contributed by atoms with Crippen LogP contribution in [0, 0.1) is 0 Å². The van der Waals surface area contributed by atoms with Gasteiger partial charge in [-0.25, -0.2) is 9.97 Å². The van der Waals surface area contributed by atoms with Gasteiger partial charge in [0.15, 0.2) is 0 Å². The fourth-order valence-electron chi connectivity index (χ4n) is 1.59. The van der Waals surface area contributed by atoms with Crippen molar-refractivity contribution in [1.82, 2.24) is 19.9 Å². The average Bonchev–Trinajstić information content (AvgIpc) is 2.75. The lowest BCUT2D eigenvalue weighted by atomic mass is 9.93. The lowest BCUT2D eigenvalue weighted by molar-refractivity contribution is 0.220. The van der Waals surface area contributed by atoms with Crippen LogP contribution in [0.15, 0.2) is 5.38 Å². The number of halogens is 1. The Hall–Kier alpha value is -1.27. The highest BCUT2D eigenvalue weighted by atomic mass is 35.5. The van der Waals surface area contributed by atoms with Crippen LogP contribution in [-0.4, -0.2) is 26.0 Å². The second-order valence-corrected chi connectivity index (χ2v) is 7.30. The van der Waals surface area contributed by atoms with Crippen LogP contribution in [0.4, 0.5) is 0 Å². The molecule has 2 aromatic heterocycles. The summed E-state index contributed by atoms with van der Waals surface area (Å²) in [6.45, 7) is 10.2. The summed E-state index contributed by atoms with van der Waals surface area (Å²) in [5.74, 6) is 0.570. The van der Waals surface area contributed by atoms with Crippen LogP contribution in [0.2, 0.25) is 5.28 Å². The van der Waals surface area contributed by atoms with Crippen molar-refractivity contribution in [2.45, 2.75) is 52.6 Å². The van der Waals surface area contributed by atoms with E-state index in [2.05, 4.69) is 46.1 Å². The van der Waals surface area contributed by atoms with E-state index >= 15 is 0 Å². The van der Waals surface area contributed by atoms with E-state index in [1.165, 1.54) is 0 Å². The molecule has 0 unspecified atom stereocenters. The molecule has 0 saturated carbocycles. The van der Waals surface area contributed by atoms with E-state index in [1.54, 1.807) is 11.3 Å². The fourth-order valence-corrected chi connectivity index (χ4v) is 2.77. The molecule has 21 heavy (non-hydrogen) atoms. The molecule has 0 aromatic carbocycles. The standard InChI is InChI=1S/C14H19ClN4OS/c1-8(2)20-13-18-10(17-12(15)19-13)6-11-16-9(7-21-11)14(3,4)5/h7-8H,6H2,1-5H3. The maximum atomic E-state index is 5.92. The van der Waals surface area contributed by atoms with Crippen LogP contribution in [0.1, 0.15) is 51.1 Å². The predicted octanol–water partition coefficient (Wildman–Crippen LogP) is 3.66. The molecule has 0 amide bonds. The van der Waals surface area contributed by atoms with E-state index in [0.717, 1.165) is 10.7 Å². The van der Waals surface area contributed by atoms with E-state index in [-0.39, 0.29) is 22.8 Å². The summed E-state index contributed by atoms with van der Waals surface area (Å²) < 4.78 is 5.47. The highest BCUT2D eigenvalue weighted by Gasteiger charge is 2.18. The molecular formula is C14H19ClN4OS. The Bertz CT molecular complexity index is 622. The van der Waals surface area contributed by atoms with Crippen LogP contribution < -0.4 is 4.74 Å². The van der Waals surface area contributed by atoms with Crippen molar-refractivity contribution in [1.29, 1.82) is 0 Å². The summed E-state index contributed by atoms with van der Waals surface area (Å²) >= 11 is 7.52. The molecule has 0 bridgehead atoms. The van der Waals surface area contributed by atoms with Gasteiger partial charge in [-0.05, 0) is 25.4 Å². The van der Waals surface area contributed by atoms with Crippen LogP contribution in [-0.2, 0) is 11.8 Å². The van der Waals surface area contributed by atoms with Gasteiger partial charge < -0.3 is 4.74 Å². The zero-order valence-electron chi connectivity index (χ0n) is 12.8. The molecular weight excluding hydrogens is 308 g/mol. The predicted molar refractivity (Wildman–Crippen MR) is 84.2 cm³/mol. The minimum Gasteiger partial charge on any atom is -0.461 e. The molecule has 0 N–H and O–H groups in total. The SMILES string of the molecule is CC(C)Oc1nc(Cl)nc(Cc2nc(C(C)(C)C)cs2)n1. The van der Waals surface area contributed by atoms with Gasteiger partial charge in [-0.2, -0.15) is 9.97 Å². The van der Waals surface area contributed by atoms with Gasteiger partial charge in [-0.15, -0.1) is 11.3 Å². The monoisotopic (exact) mass is 326 g/mol. The van der Waals surface area contributed by atoms with Gasteiger partial charge in [0.05, 0.1) is 18.2 Å². The van der Waals surface area contributed by atoms with Crippen molar-refractivity contribution in [3.05, 3.63) is 27.2 Å². The van der Waals surface area contributed by atoms with Gasteiger partial charge in [0.25, 0.3) is 0 Å². The van der Waals surface area contributed by atoms with Crippen LogP contribution in [0.5, 0.6) is 6.01 Å². The van der Waals surface area contributed by atoms with Gasteiger partial charge in [0.2, 0.25) is 5.28 Å². The molecule has 0 spiro atoms. The summed E-state index contributed by atoms with van der Waals surface area (Å²) in [5.41, 5.74) is 1.11. The molecule has 0 aliphatic carbocycles. The maximum Gasteiger partial charge on any atom is 0.321 e. The van der Waals surface area contributed by atoms with E-state index in [0.29, 0.717) is 12.2 Å². The molecule has 2 rings (SSSR count). The Morgan fingerprint density at radius 1 is 1.19 bits per heavy atom. The molecule has 0 fully saturated rings. The fraction of sp³-hybridized carbons (Fsp3) is 0.571. The Labute approximate surface area is 133 Å².